The first-order chi connectivity index (χ1) is 19.0. The number of halogens is 1. The minimum atomic E-state index is -0.626. The first-order valence-corrected chi connectivity index (χ1v) is 13.7. The van der Waals surface area contributed by atoms with Crippen molar-refractivity contribution in [2.24, 2.45) is 0 Å². The molecule has 0 saturated carbocycles. The van der Waals surface area contributed by atoms with E-state index in [1.165, 1.54) is 12.1 Å². The highest BCUT2D eigenvalue weighted by molar-refractivity contribution is 5.98. The highest BCUT2D eigenvalue weighted by Crippen LogP contribution is 2.36. The van der Waals surface area contributed by atoms with Crippen molar-refractivity contribution in [2.75, 3.05) is 33.4 Å². The summed E-state index contributed by atoms with van der Waals surface area (Å²) in [6.45, 7) is 10.9. The number of nitrogens with zero attached hydrogens (tertiary/aromatic N) is 3. The summed E-state index contributed by atoms with van der Waals surface area (Å²) in [4.78, 5) is 30.3. The van der Waals surface area contributed by atoms with Crippen LogP contribution in [0.2, 0.25) is 0 Å². The largest absolute Gasteiger partial charge is 0.493 e. The number of hydrogen-bond donors (Lipinski definition) is 0. The molecule has 3 rings (SSSR count). The van der Waals surface area contributed by atoms with Crippen molar-refractivity contribution < 1.29 is 28.2 Å². The molecule has 2 aromatic rings. The lowest BCUT2D eigenvalue weighted by molar-refractivity contribution is 0.00751. The van der Waals surface area contributed by atoms with Gasteiger partial charge in [-0.15, -0.1) is 0 Å². The Labute approximate surface area is 236 Å². The van der Waals surface area contributed by atoms with Gasteiger partial charge in [-0.1, -0.05) is 18.2 Å². The molecular weight excluding hydrogens is 513 g/mol. The summed E-state index contributed by atoms with van der Waals surface area (Å²) in [5, 5.41) is 10.1. The van der Waals surface area contributed by atoms with Gasteiger partial charge in [-0.25, -0.2) is 9.18 Å². The Balaban J connectivity index is 1.99. The number of carbonyl (C=O) groups is 2. The zero-order valence-corrected chi connectivity index (χ0v) is 24.3. The molecule has 1 atom stereocenters. The van der Waals surface area contributed by atoms with E-state index in [1.807, 2.05) is 34.6 Å². The van der Waals surface area contributed by atoms with Gasteiger partial charge in [0.25, 0.3) is 5.91 Å². The van der Waals surface area contributed by atoms with E-state index in [1.54, 1.807) is 41.2 Å². The Kier molecular flexibility index (Phi) is 10.5. The lowest BCUT2D eigenvalue weighted by atomic mass is 9.95. The third-order valence-electron chi connectivity index (χ3n) is 6.62. The van der Waals surface area contributed by atoms with Crippen LogP contribution in [-0.4, -0.2) is 72.9 Å². The Bertz CT molecular complexity index is 1230. The molecule has 1 heterocycles. The van der Waals surface area contributed by atoms with E-state index < -0.39 is 17.5 Å². The molecule has 40 heavy (non-hydrogen) atoms. The number of amides is 2. The highest BCUT2D eigenvalue weighted by Gasteiger charge is 2.35. The second-order valence-electron chi connectivity index (χ2n) is 11.2. The Hall–Kier alpha value is -3.64. The number of nitriles is 1. The van der Waals surface area contributed by atoms with E-state index in [-0.39, 0.29) is 41.3 Å². The van der Waals surface area contributed by atoms with Gasteiger partial charge in [0.1, 0.15) is 17.2 Å². The lowest BCUT2D eigenvalue weighted by Crippen LogP contribution is -2.54. The number of hydrogen-bond acceptors (Lipinski definition) is 6. The van der Waals surface area contributed by atoms with Crippen LogP contribution < -0.4 is 4.74 Å². The molecule has 0 radical (unpaired) electrons. The van der Waals surface area contributed by atoms with Gasteiger partial charge in [0.15, 0.2) is 0 Å². The highest BCUT2D eigenvalue weighted by atomic mass is 19.1. The van der Waals surface area contributed by atoms with Crippen molar-refractivity contribution in [3.05, 3.63) is 53.3 Å². The van der Waals surface area contributed by atoms with Crippen LogP contribution in [0.25, 0.3) is 11.1 Å². The van der Waals surface area contributed by atoms with Crippen LogP contribution in [0, 0.1) is 17.1 Å². The molecule has 8 nitrogen and oxygen atoms in total. The molecule has 1 fully saturated rings. The molecule has 0 bridgehead atoms. The summed E-state index contributed by atoms with van der Waals surface area (Å²) in [6.07, 6.45) is 1.61. The molecule has 1 aliphatic heterocycles. The van der Waals surface area contributed by atoms with Gasteiger partial charge in [0, 0.05) is 50.4 Å². The van der Waals surface area contributed by atoms with Gasteiger partial charge in [-0.05, 0) is 65.7 Å². The summed E-state index contributed by atoms with van der Waals surface area (Å²) >= 11 is 0. The lowest BCUT2D eigenvalue weighted by Gasteiger charge is -2.41. The molecule has 0 N–H and O–H groups in total. The van der Waals surface area contributed by atoms with Crippen LogP contribution in [0.15, 0.2) is 36.4 Å². The average molecular weight is 554 g/mol. The normalized spacial score (nSPS) is 15.5. The van der Waals surface area contributed by atoms with Crippen LogP contribution in [0.4, 0.5) is 9.18 Å². The van der Waals surface area contributed by atoms with Crippen molar-refractivity contribution in [3.63, 3.8) is 0 Å². The number of carbonyl (C=O) groups excluding carboxylic acids is 2. The molecule has 1 saturated heterocycles. The second-order valence-corrected chi connectivity index (χ2v) is 11.2. The number of rotatable bonds is 9. The zero-order valence-electron chi connectivity index (χ0n) is 24.3. The van der Waals surface area contributed by atoms with Gasteiger partial charge in [-0.2, -0.15) is 5.26 Å². The van der Waals surface area contributed by atoms with Crippen molar-refractivity contribution in [2.45, 2.75) is 71.6 Å². The minimum absolute atomic E-state index is 0.123. The zero-order chi connectivity index (χ0) is 29.4. The first kappa shape index (κ1) is 30.9. The maximum absolute atomic E-state index is 14.8. The van der Waals surface area contributed by atoms with Gasteiger partial charge in [-0.3, -0.25) is 4.79 Å². The van der Waals surface area contributed by atoms with E-state index >= 15 is 0 Å². The third-order valence-corrected chi connectivity index (χ3v) is 6.62. The monoisotopic (exact) mass is 553 g/mol. The van der Waals surface area contributed by atoms with Crippen LogP contribution in [0.5, 0.6) is 5.75 Å². The first-order valence-electron chi connectivity index (χ1n) is 13.7. The van der Waals surface area contributed by atoms with Gasteiger partial charge < -0.3 is 24.0 Å². The summed E-state index contributed by atoms with van der Waals surface area (Å²) in [7, 11) is 1.60. The number of benzene rings is 2. The average Bonchev–Trinajstić information content (AvgIpc) is 2.90. The molecule has 0 aromatic heterocycles. The molecule has 2 aromatic carbocycles. The standard InChI is InChI=1S/C31H40FN3O5/c1-21(2)35(23-11-9-14-34(20-23)30(37)40-31(3,4)5)29(36)25-18-28(39-16-10-15-38-6)26(17-22(25)19-33)24-12-7-8-13-27(24)32/h7-8,12-13,17-18,21,23H,9-11,14-16,20H2,1-6H3/t23-/m1/s1. The predicted octanol–water partition coefficient (Wildman–Crippen LogP) is 6.03. The van der Waals surface area contributed by atoms with Crippen molar-refractivity contribution >= 4 is 12.0 Å². The fourth-order valence-electron chi connectivity index (χ4n) is 4.88. The van der Waals surface area contributed by atoms with Gasteiger partial charge in [0.2, 0.25) is 0 Å². The van der Waals surface area contributed by atoms with E-state index in [0.717, 1.165) is 0 Å². The molecule has 1 aliphatic rings. The van der Waals surface area contributed by atoms with E-state index in [2.05, 4.69) is 6.07 Å². The topological polar surface area (TPSA) is 92.1 Å². The summed E-state index contributed by atoms with van der Waals surface area (Å²) < 4.78 is 31.5. The van der Waals surface area contributed by atoms with Gasteiger partial charge >= 0.3 is 6.09 Å². The smallest absolute Gasteiger partial charge is 0.410 e. The number of likely N-dealkylation sites (tertiary alicyclic amines) is 1. The summed E-state index contributed by atoms with van der Waals surface area (Å²) in [5.74, 6) is -0.490. The van der Waals surface area contributed by atoms with Crippen LogP contribution in [0.3, 0.4) is 0 Å². The van der Waals surface area contributed by atoms with Crippen LogP contribution >= 0.6 is 0 Å². The Morgan fingerprint density at radius 3 is 2.52 bits per heavy atom. The van der Waals surface area contributed by atoms with Gasteiger partial charge in [0.05, 0.1) is 29.8 Å². The molecule has 9 heteroatoms. The summed E-state index contributed by atoms with van der Waals surface area (Å²) in [5.41, 5.74) is 0.346. The Morgan fingerprint density at radius 2 is 1.90 bits per heavy atom. The van der Waals surface area contributed by atoms with Crippen molar-refractivity contribution in [3.8, 4) is 22.9 Å². The number of piperidine rings is 1. The maximum Gasteiger partial charge on any atom is 0.410 e. The quantitative estimate of drug-likeness (QED) is 0.352. The fourth-order valence-corrected chi connectivity index (χ4v) is 4.88. The molecule has 2 amide bonds. The molecule has 0 spiro atoms. The third kappa shape index (κ3) is 7.72. The molecule has 0 unspecified atom stereocenters. The molecule has 0 aliphatic carbocycles. The second kappa shape index (κ2) is 13.6. The van der Waals surface area contributed by atoms with Crippen molar-refractivity contribution in [1.82, 2.24) is 9.80 Å². The van der Waals surface area contributed by atoms with Crippen molar-refractivity contribution in [1.29, 1.82) is 5.26 Å². The fraction of sp³-hybridized carbons (Fsp3) is 0.516. The van der Waals surface area contributed by atoms with Crippen LogP contribution in [-0.2, 0) is 9.47 Å². The molecule has 216 valence electrons. The van der Waals surface area contributed by atoms with Crippen LogP contribution in [0.1, 0.15) is 69.8 Å². The van der Waals surface area contributed by atoms with E-state index in [0.29, 0.717) is 50.3 Å². The number of methoxy groups -OCH3 is 1. The number of ether oxygens (including phenoxy) is 3. The predicted molar refractivity (Wildman–Crippen MR) is 151 cm³/mol. The van der Waals surface area contributed by atoms with E-state index in [4.69, 9.17) is 14.2 Å². The maximum atomic E-state index is 14.8. The minimum Gasteiger partial charge on any atom is -0.493 e. The SMILES string of the molecule is COCCCOc1cc(C(=O)N(C(C)C)[C@@H]2CCCN(C(=O)OC(C)(C)C)C2)c(C#N)cc1-c1ccccc1F. The summed E-state index contributed by atoms with van der Waals surface area (Å²) in [6, 6.07) is 11.0. The van der Waals surface area contributed by atoms with E-state index in [9.17, 15) is 19.2 Å². The Morgan fingerprint density at radius 1 is 1.18 bits per heavy atom. The molecular formula is C31H40FN3O5.